The fourth-order valence-electron chi connectivity index (χ4n) is 2.44. The standard InChI is InChI=1S/C18H17N3O3/c1-2-24-16-10-6-4-8-13(16)17(22)20-21-18(23)14-11-19-15-9-5-3-7-12(14)15/h3-11,19H,2H2,1H3,(H,20,22)(H,21,23). The number of benzene rings is 2. The van der Waals surface area contributed by atoms with Gasteiger partial charge in [-0.2, -0.15) is 0 Å². The summed E-state index contributed by atoms with van der Waals surface area (Å²) >= 11 is 0. The van der Waals surface area contributed by atoms with Crippen molar-refractivity contribution in [2.24, 2.45) is 0 Å². The van der Waals surface area contributed by atoms with Gasteiger partial charge < -0.3 is 9.72 Å². The van der Waals surface area contributed by atoms with E-state index in [2.05, 4.69) is 15.8 Å². The number of hydrogen-bond donors (Lipinski definition) is 3. The van der Waals surface area contributed by atoms with Crippen LogP contribution in [-0.2, 0) is 0 Å². The van der Waals surface area contributed by atoms with Crippen LogP contribution >= 0.6 is 0 Å². The molecule has 0 bridgehead atoms. The van der Waals surface area contributed by atoms with Crippen LogP contribution in [0.25, 0.3) is 10.9 Å². The Balaban J connectivity index is 1.71. The van der Waals surface area contributed by atoms with Gasteiger partial charge in [-0.15, -0.1) is 0 Å². The number of aromatic nitrogens is 1. The molecular weight excluding hydrogens is 306 g/mol. The van der Waals surface area contributed by atoms with E-state index in [0.29, 0.717) is 23.5 Å². The zero-order valence-corrected chi connectivity index (χ0v) is 13.1. The molecule has 6 heteroatoms. The first-order valence-electron chi connectivity index (χ1n) is 7.59. The molecule has 3 aromatic rings. The van der Waals surface area contributed by atoms with Crippen LogP contribution in [0.15, 0.2) is 54.7 Å². The molecule has 1 aromatic heterocycles. The number of para-hydroxylation sites is 2. The van der Waals surface area contributed by atoms with Crippen molar-refractivity contribution in [2.45, 2.75) is 6.92 Å². The summed E-state index contributed by atoms with van der Waals surface area (Å²) in [5.41, 5.74) is 6.53. The molecular formula is C18H17N3O3. The highest BCUT2D eigenvalue weighted by molar-refractivity contribution is 6.07. The normalized spacial score (nSPS) is 10.4. The maximum atomic E-state index is 12.3. The Morgan fingerprint density at radius 3 is 2.42 bits per heavy atom. The number of hydrazine groups is 1. The minimum atomic E-state index is -0.438. The molecule has 0 unspecified atom stereocenters. The van der Waals surface area contributed by atoms with Crippen molar-refractivity contribution in [3.8, 4) is 5.75 Å². The zero-order valence-electron chi connectivity index (χ0n) is 13.1. The summed E-state index contributed by atoms with van der Waals surface area (Å²) in [7, 11) is 0. The summed E-state index contributed by atoms with van der Waals surface area (Å²) in [6.07, 6.45) is 1.61. The molecule has 24 heavy (non-hydrogen) atoms. The Morgan fingerprint density at radius 2 is 1.62 bits per heavy atom. The summed E-state index contributed by atoms with van der Waals surface area (Å²) in [4.78, 5) is 27.6. The molecule has 3 rings (SSSR count). The van der Waals surface area contributed by atoms with E-state index in [1.54, 1.807) is 30.5 Å². The number of rotatable bonds is 4. The molecule has 2 aromatic carbocycles. The van der Waals surface area contributed by atoms with E-state index in [4.69, 9.17) is 4.74 Å². The van der Waals surface area contributed by atoms with Gasteiger partial charge in [0.2, 0.25) is 0 Å². The van der Waals surface area contributed by atoms with E-state index < -0.39 is 11.8 Å². The van der Waals surface area contributed by atoms with Crippen molar-refractivity contribution in [2.75, 3.05) is 6.61 Å². The van der Waals surface area contributed by atoms with E-state index in [1.807, 2.05) is 31.2 Å². The quantitative estimate of drug-likeness (QED) is 0.645. The van der Waals surface area contributed by atoms with E-state index in [-0.39, 0.29) is 0 Å². The number of carbonyl (C=O) groups is 2. The van der Waals surface area contributed by atoms with Gasteiger partial charge in [-0.25, -0.2) is 0 Å². The molecule has 0 atom stereocenters. The number of hydrogen-bond acceptors (Lipinski definition) is 3. The van der Waals surface area contributed by atoms with Crippen molar-refractivity contribution < 1.29 is 14.3 Å². The van der Waals surface area contributed by atoms with Crippen LogP contribution in [0.5, 0.6) is 5.75 Å². The third kappa shape index (κ3) is 3.08. The highest BCUT2D eigenvalue weighted by Gasteiger charge is 2.15. The minimum absolute atomic E-state index is 0.360. The highest BCUT2D eigenvalue weighted by Crippen LogP contribution is 2.18. The maximum Gasteiger partial charge on any atom is 0.273 e. The van der Waals surface area contributed by atoms with Gasteiger partial charge in [0.25, 0.3) is 11.8 Å². The Morgan fingerprint density at radius 1 is 0.958 bits per heavy atom. The van der Waals surface area contributed by atoms with Crippen molar-refractivity contribution >= 4 is 22.7 Å². The molecule has 1 heterocycles. The summed E-state index contributed by atoms with van der Waals surface area (Å²) in [5.74, 6) is -0.360. The maximum absolute atomic E-state index is 12.3. The van der Waals surface area contributed by atoms with Crippen molar-refractivity contribution in [3.63, 3.8) is 0 Å². The first-order chi connectivity index (χ1) is 11.7. The number of ether oxygens (including phenoxy) is 1. The molecule has 0 fully saturated rings. The molecule has 122 valence electrons. The Hall–Kier alpha value is -3.28. The average Bonchev–Trinajstić information content (AvgIpc) is 3.04. The minimum Gasteiger partial charge on any atom is -0.493 e. The van der Waals surface area contributed by atoms with Crippen LogP contribution in [0.3, 0.4) is 0 Å². The highest BCUT2D eigenvalue weighted by atomic mass is 16.5. The first kappa shape index (κ1) is 15.6. The summed E-state index contributed by atoms with van der Waals surface area (Å²) in [6.45, 7) is 2.29. The Kier molecular flexibility index (Phi) is 4.47. The molecule has 6 nitrogen and oxygen atoms in total. The lowest BCUT2D eigenvalue weighted by atomic mass is 10.1. The second-order valence-corrected chi connectivity index (χ2v) is 5.09. The lowest BCUT2D eigenvalue weighted by Gasteiger charge is -2.11. The predicted molar refractivity (Wildman–Crippen MR) is 90.8 cm³/mol. The second-order valence-electron chi connectivity index (χ2n) is 5.09. The van der Waals surface area contributed by atoms with E-state index in [9.17, 15) is 9.59 Å². The van der Waals surface area contributed by atoms with Crippen molar-refractivity contribution in [1.29, 1.82) is 0 Å². The Bertz CT molecular complexity index is 886. The molecule has 0 aliphatic heterocycles. The van der Waals surface area contributed by atoms with Gasteiger partial charge in [-0.1, -0.05) is 30.3 Å². The van der Waals surface area contributed by atoms with E-state index in [1.165, 1.54) is 0 Å². The summed E-state index contributed by atoms with van der Waals surface area (Å²) < 4.78 is 5.42. The van der Waals surface area contributed by atoms with Crippen LogP contribution in [0.4, 0.5) is 0 Å². The topological polar surface area (TPSA) is 83.2 Å². The van der Waals surface area contributed by atoms with Crippen LogP contribution in [0, 0.1) is 0 Å². The molecule has 3 N–H and O–H groups in total. The molecule has 0 saturated heterocycles. The predicted octanol–water partition coefficient (Wildman–Crippen LogP) is 2.64. The largest absolute Gasteiger partial charge is 0.493 e. The Labute approximate surface area is 138 Å². The third-order valence-corrected chi connectivity index (χ3v) is 3.55. The number of H-pyrrole nitrogens is 1. The van der Waals surface area contributed by atoms with E-state index >= 15 is 0 Å². The smallest absolute Gasteiger partial charge is 0.273 e. The van der Waals surface area contributed by atoms with Crippen molar-refractivity contribution in [3.05, 3.63) is 65.9 Å². The number of carbonyl (C=O) groups excluding carboxylic acids is 2. The van der Waals surface area contributed by atoms with Gasteiger partial charge in [0.15, 0.2) is 0 Å². The van der Waals surface area contributed by atoms with Gasteiger partial charge in [0.1, 0.15) is 5.75 Å². The lowest BCUT2D eigenvalue weighted by Crippen LogP contribution is -2.41. The van der Waals surface area contributed by atoms with Crippen LogP contribution < -0.4 is 15.6 Å². The third-order valence-electron chi connectivity index (χ3n) is 3.55. The number of aromatic amines is 1. The second kappa shape index (κ2) is 6.87. The zero-order chi connectivity index (χ0) is 16.9. The van der Waals surface area contributed by atoms with Crippen LogP contribution in [0.2, 0.25) is 0 Å². The van der Waals surface area contributed by atoms with Crippen molar-refractivity contribution in [1.82, 2.24) is 15.8 Å². The van der Waals surface area contributed by atoms with Crippen LogP contribution in [0.1, 0.15) is 27.6 Å². The molecule has 0 aliphatic rings. The lowest BCUT2D eigenvalue weighted by molar-refractivity contribution is 0.0845. The van der Waals surface area contributed by atoms with E-state index in [0.717, 1.165) is 10.9 Å². The number of amides is 2. The van der Waals surface area contributed by atoms with Gasteiger partial charge in [-0.3, -0.25) is 20.4 Å². The first-order valence-corrected chi connectivity index (χ1v) is 7.59. The molecule has 0 saturated carbocycles. The number of nitrogens with one attached hydrogen (secondary N) is 3. The van der Waals surface area contributed by atoms with Gasteiger partial charge >= 0.3 is 0 Å². The molecule has 2 amide bonds. The SMILES string of the molecule is CCOc1ccccc1C(=O)NNC(=O)c1c[nH]c2ccccc12. The fourth-order valence-corrected chi connectivity index (χ4v) is 2.44. The molecule has 0 spiro atoms. The van der Waals surface area contributed by atoms with Gasteiger partial charge in [-0.05, 0) is 25.1 Å². The molecule has 0 aliphatic carbocycles. The van der Waals surface area contributed by atoms with Crippen LogP contribution in [-0.4, -0.2) is 23.4 Å². The fraction of sp³-hybridized carbons (Fsp3) is 0.111. The summed E-state index contributed by atoms with van der Waals surface area (Å²) in [5, 5.41) is 0.791. The van der Waals surface area contributed by atoms with Gasteiger partial charge in [0.05, 0.1) is 17.7 Å². The van der Waals surface area contributed by atoms with Gasteiger partial charge in [0, 0.05) is 17.1 Å². The number of fused-ring (bicyclic) bond motifs is 1. The average molecular weight is 323 g/mol. The molecule has 0 radical (unpaired) electrons. The summed E-state index contributed by atoms with van der Waals surface area (Å²) in [6, 6.07) is 14.3. The monoisotopic (exact) mass is 323 g/mol.